The van der Waals surface area contributed by atoms with Gasteiger partial charge in [-0.2, -0.15) is 0 Å². The van der Waals surface area contributed by atoms with Gasteiger partial charge in [0.25, 0.3) is 0 Å². The van der Waals surface area contributed by atoms with Crippen LogP contribution in [-0.4, -0.2) is 18.6 Å². The quantitative estimate of drug-likeness (QED) is 0.485. The van der Waals surface area contributed by atoms with E-state index in [1.165, 1.54) is 18.7 Å². The first-order valence-electron chi connectivity index (χ1n) is 5.24. The van der Waals surface area contributed by atoms with Crippen molar-refractivity contribution >= 4 is 11.4 Å². The van der Waals surface area contributed by atoms with E-state index in [0.717, 1.165) is 5.69 Å². The normalized spacial score (nSPS) is 9.59. The summed E-state index contributed by atoms with van der Waals surface area (Å²) in [5.41, 5.74) is 1.98. The minimum Gasteiger partial charge on any atom is -0.490 e. The number of nitrogens with one attached hydrogen (secondary N) is 1. The van der Waals surface area contributed by atoms with E-state index in [-0.39, 0.29) is 11.4 Å². The fourth-order valence-corrected chi connectivity index (χ4v) is 1.31. The minimum absolute atomic E-state index is 0.0275. The monoisotopic (exact) mass is 236 g/mol. The highest BCUT2D eigenvalue weighted by atomic mass is 16.6. The summed E-state index contributed by atoms with van der Waals surface area (Å²) in [4.78, 5) is 10.2. The summed E-state index contributed by atoms with van der Waals surface area (Å²) in [6.45, 7) is 4.71. The molecule has 0 fully saturated rings. The first-order chi connectivity index (χ1) is 8.04. The lowest BCUT2D eigenvalue weighted by atomic mass is 10.2. The summed E-state index contributed by atoms with van der Waals surface area (Å²) < 4.78 is 4.98. The molecule has 0 aliphatic carbocycles. The van der Waals surface area contributed by atoms with E-state index in [9.17, 15) is 10.1 Å². The van der Waals surface area contributed by atoms with E-state index >= 15 is 0 Å². The van der Waals surface area contributed by atoms with Crippen LogP contribution in [-0.2, 0) is 0 Å². The van der Waals surface area contributed by atoms with Gasteiger partial charge in [-0.15, -0.1) is 0 Å². The first-order valence-corrected chi connectivity index (χ1v) is 5.24. The Morgan fingerprint density at radius 2 is 2.24 bits per heavy atom. The first kappa shape index (κ1) is 13.0. The van der Waals surface area contributed by atoms with Crippen molar-refractivity contribution in [2.45, 2.75) is 13.8 Å². The number of anilines is 1. The molecular weight excluding hydrogens is 220 g/mol. The number of benzene rings is 1. The predicted octanol–water partition coefficient (Wildman–Crippen LogP) is 2.98. The van der Waals surface area contributed by atoms with Crippen LogP contribution in [0.4, 0.5) is 11.4 Å². The van der Waals surface area contributed by atoms with Crippen LogP contribution in [0.3, 0.4) is 0 Å². The Balaban J connectivity index is 2.83. The van der Waals surface area contributed by atoms with Crippen LogP contribution in [0, 0.1) is 10.1 Å². The number of nitro groups is 1. The molecule has 1 aromatic carbocycles. The minimum atomic E-state index is -0.460. The van der Waals surface area contributed by atoms with Gasteiger partial charge in [-0.05, 0) is 19.9 Å². The average Bonchev–Trinajstić information content (AvgIpc) is 2.28. The van der Waals surface area contributed by atoms with Gasteiger partial charge in [-0.25, -0.2) is 0 Å². The largest absolute Gasteiger partial charge is 0.490 e. The van der Waals surface area contributed by atoms with Crippen LogP contribution in [0.2, 0.25) is 0 Å². The van der Waals surface area contributed by atoms with Gasteiger partial charge in [0.1, 0.15) is 0 Å². The Bertz CT molecular complexity index is 437. The molecule has 0 saturated carbocycles. The SMILES string of the molecule is COc1cc(NCC=C(C)C)ccc1[N+](=O)[O-]. The van der Waals surface area contributed by atoms with Crippen molar-refractivity contribution in [3.8, 4) is 5.75 Å². The Kier molecular flexibility index (Phi) is 4.51. The fraction of sp³-hybridized carbons (Fsp3) is 0.333. The zero-order valence-electron chi connectivity index (χ0n) is 10.2. The number of allylic oxidation sites excluding steroid dienone is 1. The molecule has 0 heterocycles. The van der Waals surface area contributed by atoms with Crippen LogP contribution in [0.5, 0.6) is 5.75 Å². The maximum absolute atomic E-state index is 10.7. The van der Waals surface area contributed by atoms with E-state index in [1.54, 1.807) is 12.1 Å². The number of nitro benzene ring substituents is 1. The number of methoxy groups -OCH3 is 1. The Hall–Kier alpha value is -2.04. The third-order valence-electron chi connectivity index (χ3n) is 2.19. The second-order valence-corrected chi connectivity index (χ2v) is 3.81. The van der Waals surface area contributed by atoms with Crippen molar-refractivity contribution in [2.24, 2.45) is 0 Å². The van der Waals surface area contributed by atoms with Crippen molar-refractivity contribution in [2.75, 3.05) is 19.0 Å². The molecule has 0 atom stereocenters. The molecule has 0 radical (unpaired) electrons. The van der Waals surface area contributed by atoms with Crippen molar-refractivity contribution in [1.82, 2.24) is 0 Å². The lowest BCUT2D eigenvalue weighted by Gasteiger charge is -2.06. The van der Waals surface area contributed by atoms with Crippen LogP contribution in [0.1, 0.15) is 13.8 Å². The highest BCUT2D eigenvalue weighted by Crippen LogP contribution is 2.29. The van der Waals surface area contributed by atoms with Crippen molar-refractivity contribution in [1.29, 1.82) is 0 Å². The molecule has 0 spiro atoms. The lowest BCUT2D eigenvalue weighted by Crippen LogP contribution is -2.00. The highest BCUT2D eigenvalue weighted by Gasteiger charge is 2.14. The molecule has 0 aliphatic rings. The van der Waals surface area contributed by atoms with E-state index in [2.05, 4.69) is 5.32 Å². The molecule has 1 rings (SSSR count). The fourth-order valence-electron chi connectivity index (χ4n) is 1.31. The van der Waals surface area contributed by atoms with Crippen LogP contribution < -0.4 is 10.1 Å². The predicted molar refractivity (Wildman–Crippen MR) is 67.6 cm³/mol. The van der Waals surface area contributed by atoms with Gasteiger partial charge in [0.2, 0.25) is 0 Å². The number of hydrogen-bond donors (Lipinski definition) is 1. The van der Waals surface area contributed by atoms with Gasteiger partial charge >= 0.3 is 5.69 Å². The summed E-state index contributed by atoms with van der Waals surface area (Å²) in [7, 11) is 1.42. The Labute approximate surface area is 100 Å². The van der Waals surface area contributed by atoms with Gasteiger partial charge in [-0.1, -0.05) is 11.6 Å². The Morgan fingerprint density at radius 1 is 1.53 bits per heavy atom. The summed E-state index contributed by atoms with van der Waals surface area (Å²) in [5, 5.41) is 13.8. The van der Waals surface area contributed by atoms with Crippen molar-refractivity contribution in [3.05, 3.63) is 40.0 Å². The standard InChI is InChI=1S/C12H16N2O3/c1-9(2)6-7-13-10-4-5-11(14(15)16)12(8-10)17-3/h4-6,8,13H,7H2,1-3H3. The topological polar surface area (TPSA) is 64.4 Å². The molecule has 92 valence electrons. The molecule has 1 aromatic rings. The van der Waals surface area contributed by atoms with Crippen LogP contribution >= 0.6 is 0 Å². The zero-order chi connectivity index (χ0) is 12.8. The summed E-state index contributed by atoms with van der Waals surface area (Å²) in [6, 6.07) is 4.72. The third kappa shape index (κ3) is 3.79. The molecule has 0 unspecified atom stereocenters. The molecule has 0 amide bonds. The van der Waals surface area contributed by atoms with E-state index in [4.69, 9.17) is 4.74 Å². The summed E-state index contributed by atoms with van der Waals surface area (Å²) in [5.74, 6) is 0.261. The molecule has 0 aliphatic heterocycles. The van der Waals surface area contributed by atoms with Gasteiger partial charge in [0.15, 0.2) is 5.75 Å². The average molecular weight is 236 g/mol. The maximum Gasteiger partial charge on any atom is 0.311 e. The molecule has 0 bridgehead atoms. The number of nitrogens with zero attached hydrogens (tertiary/aromatic N) is 1. The zero-order valence-corrected chi connectivity index (χ0v) is 10.2. The van der Waals surface area contributed by atoms with Gasteiger partial charge in [-0.3, -0.25) is 10.1 Å². The van der Waals surface area contributed by atoms with Crippen LogP contribution in [0.25, 0.3) is 0 Å². The maximum atomic E-state index is 10.7. The summed E-state index contributed by atoms with van der Waals surface area (Å²) in [6.07, 6.45) is 2.04. The second kappa shape index (κ2) is 5.89. The third-order valence-corrected chi connectivity index (χ3v) is 2.19. The number of hydrogen-bond acceptors (Lipinski definition) is 4. The second-order valence-electron chi connectivity index (χ2n) is 3.81. The number of ether oxygens (including phenoxy) is 1. The molecule has 5 nitrogen and oxygen atoms in total. The highest BCUT2D eigenvalue weighted by molar-refractivity contribution is 5.58. The van der Waals surface area contributed by atoms with Gasteiger partial charge in [0.05, 0.1) is 12.0 Å². The molecule has 1 N–H and O–H groups in total. The number of rotatable bonds is 5. The smallest absolute Gasteiger partial charge is 0.311 e. The van der Waals surface area contributed by atoms with Gasteiger partial charge in [0, 0.05) is 24.4 Å². The molecule has 17 heavy (non-hydrogen) atoms. The van der Waals surface area contributed by atoms with Crippen molar-refractivity contribution in [3.63, 3.8) is 0 Å². The lowest BCUT2D eigenvalue weighted by molar-refractivity contribution is -0.385. The molecule has 0 aromatic heterocycles. The van der Waals surface area contributed by atoms with Crippen LogP contribution in [0.15, 0.2) is 29.8 Å². The summed E-state index contributed by atoms with van der Waals surface area (Å²) >= 11 is 0. The van der Waals surface area contributed by atoms with E-state index in [1.807, 2.05) is 19.9 Å². The van der Waals surface area contributed by atoms with Gasteiger partial charge < -0.3 is 10.1 Å². The molecule has 0 saturated heterocycles. The molecular formula is C12H16N2O3. The Morgan fingerprint density at radius 3 is 2.76 bits per heavy atom. The van der Waals surface area contributed by atoms with E-state index < -0.39 is 4.92 Å². The van der Waals surface area contributed by atoms with E-state index in [0.29, 0.717) is 6.54 Å². The molecule has 5 heteroatoms. The van der Waals surface area contributed by atoms with Crippen molar-refractivity contribution < 1.29 is 9.66 Å².